The van der Waals surface area contributed by atoms with E-state index in [2.05, 4.69) is 15.8 Å². The van der Waals surface area contributed by atoms with Crippen LogP contribution < -0.4 is 15.4 Å². The molecule has 0 saturated carbocycles. The number of nitrogens with one attached hydrogen (secondary N) is 2. The Kier molecular flexibility index (Phi) is 6.69. The first-order valence-electron chi connectivity index (χ1n) is 8.52. The van der Waals surface area contributed by atoms with Crippen molar-refractivity contribution in [3.05, 3.63) is 66.4 Å². The molecule has 0 radical (unpaired) electrons. The highest BCUT2D eigenvalue weighted by Gasteiger charge is 2.08. The molecule has 8 heteroatoms. The third-order valence-electron chi connectivity index (χ3n) is 3.50. The molecule has 0 bridgehead atoms. The lowest BCUT2D eigenvalue weighted by Gasteiger charge is -2.09. The Morgan fingerprint density at radius 3 is 2.61 bits per heavy atom. The average molecular weight is 397 g/mol. The van der Waals surface area contributed by atoms with E-state index in [4.69, 9.17) is 9.26 Å². The van der Waals surface area contributed by atoms with Gasteiger partial charge in [-0.05, 0) is 37.3 Å². The first-order valence-corrected chi connectivity index (χ1v) is 9.51. The molecule has 144 valence electrons. The molecule has 0 spiro atoms. The van der Waals surface area contributed by atoms with Crippen molar-refractivity contribution in [2.45, 2.75) is 11.8 Å². The molecule has 28 heavy (non-hydrogen) atoms. The number of aryl methyl sites for hydroxylation is 1. The Balaban J connectivity index is 1.46. The first-order chi connectivity index (χ1) is 13.6. The number of ether oxygens (including phenoxy) is 1. The summed E-state index contributed by atoms with van der Waals surface area (Å²) in [6.07, 6.45) is 0. The number of aromatic nitrogens is 1. The minimum Gasteiger partial charge on any atom is -0.484 e. The normalized spacial score (nSPS) is 10.3. The van der Waals surface area contributed by atoms with Gasteiger partial charge in [0.05, 0.1) is 5.75 Å². The fraction of sp³-hybridized carbons (Fsp3) is 0.150. The van der Waals surface area contributed by atoms with Crippen LogP contribution >= 0.6 is 11.8 Å². The number of thioether (sulfide) groups is 1. The van der Waals surface area contributed by atoms with Crippen LogP contribution in [0.4, 0.5) is 11.5 Å². The number of hydrogen-bond acceptors (Lipinski definition) is 6. The minimum atomic E-state index is -0.259. The number of amides is 2. The Morgan fingerprint density at radius 2 is 1.86 bits per heavy atom. The highest BCUT2D eigenvalue weighted by Crippen LogP contribution is 2.22. The van der Waals surface area contributed by atoms with E-state index in [1.807, 2.05) is 30.3 Å². The van der Waals surface area contributed by atoms with E-state index in [-0.39, 0.29) is 24.2 Å². The fourth-order valence-corrected chi connectivity index (χ4v) is 3.03. The molecule has 2 amide bonds. The van der Waals surface area contributed by atoms with E-state index < -0.39 is 0 Å². The zero-order chi connectivity index (χ0) is 19.8. The maximum atomic E-state index is 12.0. The van der Waals surface area contributed by atoms with Gasteiger partial charge in [-0.15, -0.1) is 11.8 Å². The molecule has 2 N–H and O–H groups in total. The van der Waals surface area contributed by atoms with Crippen molar-refractivity contribution in [3.8, 4) is 5.75 Å². The lowest BCUT2D eigenvalue weighted by atomic mass is 10.3. The van der Waals surface area contributed by atoms with Crippen molar-refractivity contribution in [3.63, 3.8) is 0 Å². The van der Waals surface area contributed by atoms with Gasteiger partial charge in [0, 0.05) is 16.6 Å². The van der Waals surface area contributed by atoms with Gasteiger partial charge in [0.25, 0.3) is 5.91 Å². The molecule has 0 aliphatic carbocycles. The summed E-state index contributed by atoms with van der Waals surface area (Å²) in [5, 5.41) is 9.17. The van der Waals surface area contributed by atoms with Gasteiger partial charge >= 0.3 is 0 Å². The van der Waals surface area contributed by atoms with Crippen molar-refractivity contribution in [1.82, 2.24) is 5.16 Å². The van der Waals surface area contributed by atoms with Gasteiger partial charge < -0.3 is 19.9 Å². The highest BCUT2D eigenvalue weighted by molar-refractivity contribution is 8.00. The number of benzene rings is 2. The lowest BCUT2D eigenvalue weighted by Crippen LogP contribution is -2.20. The number of anilines is 2. The van der Waals surface area contributed by atoms with Crippen LogP contribution in [0.2, 0.25) is 0 Å². The molecule has 3 rings (SSSR count). The molecule has 3 aromatic rings. The second kappa shape index (κ2) is 9.61. The van der Waals surface area contributed by atoms with Crippen LogP contribution in [0.1, 0.15) is 5.76 Å². The van der Waals surface area contributed by atoms with Crippen molar-refractivity contribution in [2.75, 3.05) is 23.0 Å². The molecule has 0 atom stereocenters. The smallest absolute Gasteiger partial charge is 0.262 e. The number of nitrogens with zero attached hydrogens (tertiary/aromatic N) is 1. The first kappa shape index (κ1) is 19.5. The summed E-state index contributed by atoms with van der Waals surface area (Å²) in [7, 11) is 0. The zero-order valence-electron chi connectivity index (χ0n) is 15.2. The molecule has 0 fully saturated rings. The number of para-hydroxylation sites is 1. The van der Waals surface area contributed by atoms with E-state index in [0.29, 0.717) is 23.0 Å². The standard InChI is InChI=1S/C20H19N3O4S/c1-14-10-18(23-27-14)22-20(25)13-28-17-9-5-6-15(11-17)21-19(24)12-26-16-7-3-2-4-8-16/h2-11H,12-13H2,1H3,(H,21,24)(H,22,23,25). The zero-order valence-corrected chi connectivity index (χ0v) is 16.0. The van der Waals surface area contributed by atoms with Gasteiger partial charge in [0.2, 0.25) is 5.91 Å². The summed E-state index contributed by atoms with van der Waals surface area (Å²) in [5.74, 6) is 1.41. The molecule has 0 aliphatic rings. The largest absolute Gasteiger partial charge is 0.484 e. The third-order valence-corrected chi connectivity index (χ3v) is 4.49. The number of hydrogen-bond donors (Lipinski definition) is 2. The molecule has 0 aliphatic heterocycles. The second-order valence-electron chi connectivity index (χ2n) is 5.84. The fourth-order valence-electron chi connectivity index (χ4n) is 2.28. The van der Waals surface area contributed by atoms with E-state index in [9.17, 15) is 9.59 Å². The molecule has 0 saturated heterocycles. The van der Waals surface area contributed by atoms with Gasteiger partial charge in [-0.2, -0.15) is 0 Å². The summed E-state index contributed by atoms with van der Waals surface area (Å²) in [6, 6.07) is 18.1. The SMILES string of the molecule is Cc1cc(NC(=O)CSc2cccc(NC(=O)COc3ccccc3)c2)no1. The maximum Gasteiger partial charge on any atom is 0.262 e. The molecule has 2 aromatic carbocycles. The Bertz CT molecular complexity index is 943. The average Bonchev–Trinajstić information content (AvgIpc) is 3.10. The summed E-state index contributed by atoms with van der Waals surface area (Å²) >= 11 is 1.35. The minimum absolute atomic E-state index is 0.0824. The van der Waals surface area contributed by atoms with Crippen molar-refractivity contribution >= 4 is 35.1 Å². The number of rotatable bonds is 8. The number of carbonyl (C=O) groups is 2. The molecular formula is C20H19N3O4S. The Hall–Kier alpha value is -3.26. The van der Waals surface area contributed by atoms with Gasteiger partial charge in [-0.25, -0.2) is 0 Å². The van der Waals surface area contributed by atoms with Crippen LogP contribution in [0, 0.1) is 6.92 Å². The van der Waals surface area contributed by atoms with E-state index in [0.717, 1.165) is 4.90 Å². The number of carbonyl (C=O) groups excluding carboxylic acids is 2. The predicted octanol–water partition coefficient (Wildman–Crippen LogP) is 3.73. The van der Waals surface area contributed by atoms with Gasteiger partial charge in [0.1, 0.15) is 11.5 Å². The molecule has 7 nitrogen and oxygen atoms in total. The highest BCUT2D eigenvalue weighted by atomic mass is 32.2. The second-order valence-corrected chi connectivity index (χ2v) is 6.89. The van der Waals surface area contributed by atoms with Crippen molar-refractivity contribution in [2.24, 2.45) is 0 Å². The van der Waals surface area contributed by atoms with Crippen molar-refractivity contribution in [1.29, 1.82) is 0 Å². The van der Waals surface area contributed by atoms with Crippen LogP contribution in [-0.4, -0.2) is 29.3 Å². The monoisotopic (exact) mass is 397 g/mol. The summed E-state index contributed by atoms with van der Waals surface area (Å²) in [4.78, 5) is 24.9. The molecule has 1 aromatic heterocycles. The summed E-state index contributed by atoms with van der Waals surface area (Å²) < 4.78 is 10.3. The predicted molar refractivity (Wildman–Crippen MR) is 108 cm³/mol. The quantitative estimate of drug-likeness (QED) is 0.563. The summed E-state index contributed by atoms with van der Waals surface area (Å²) in [5.41, 5.74) is 0.638. The van der Waals surface area contributed by atoms with Gasteiger partial charge in [0.15, 0.2) is 12.4 Å². The van der Waals surface area contributed by atoms with E-state index in [1.165, 1.54) is 11.8 Å². The summed E-state index contributed by atoms with van der Waals surface area (Å²) in [6.45, 7) is 1.67. The van der Waals surface area contributed by atoms with Crippen LogP contribution in [-0.2, 0) is 9.59 Å². The van der Waals surface area contributed by atoms with Crippen LogP contribution in [0.15, 0.2) is 70.1 Å². The van der Waals surface area contributed by atoms with E-state index >= 15 is 0 Å². The van der Waals surface area contributed by atoms with E-state index in [1.54, 1.807) is 37.3 Å². The Labute approximate surface area is 166 Å². The molecule has 0 unspecified atom stereocenters. The Morgan fingerprint density at radius 1 is 1.04 bits per heavy atom. The van der Waals surface area contributed by atoms with Crippen LogP contribution in [0.5, 0.6) is 5.75 Å². The van der Waals surface area contributed by atoms with Gasteiger partial charge in [-0.3, -0.25) is 9.59 Å². The van der Waals surface area contributed by atoms with Crippen LogP contribution in [0.3, 0.4) is 0 Å². The third kappa shape index (κ3) is 6.17. The van der Waals surface area contributed by atoms with Gasteiger partial charge in [-0.1, -0.05) is 29.4 Å². The molecule has 1 heterocycles. The van der Waals surface area contributed by atoms with Crippen LogP contribution in [0.25, 0.3) is 0 Å². The topological polar surface area (TPSA) is 93.5 Å². The lowest BCUT2D eigenvalue weighted by molar-refractivity contribution is -0.118. The van der Waals surface area contributed by atoms with Crippen molar-refractivity contribution < 1.29 is 18.8 Å². The maximum absolute atomic E-state index is 12.0. The molecular weight excluding hydrogens is 378 g/mol.